The predicted octanol–water partition coefficient (Wildman–Crippen LogP) is 3.86. The third-order valence-electron chi connectivity index (χ3n) is 2.90. The quantitative estimate of drug-likeness (QED) is 0.860. The Morgan fingerprint density at radius 2 is 1.89 bits per heavy atom. The number of benzene rings is 1. The normalized spacial score (nSPS) is 11.2. The number of hydrogen-bond acceptors (Lipinski definition) is 3. The van der Waals surface area contributed by atoms with Crippen LogP contribution in [0.4, 0.5) is 0 Å². The highest BCUT2D eigenvalue weighted by Gasteiger charge is 2.04. The molecule has 0 saturated heterocycles. The number of halogens is 1. The molecule has 102 valence electrons. The summed E-state index contributed by atoms with van der Waals surface area (Å²) < 4.78 is 1.20. The molecule has 0 radical (unpaired) electrons. The molecule has 0 spiro atoms. The molecule has 0 bridgehead atoms. The zero-order valence-electron chi connectivity index (χ0n) is 11.3. The van der Waals surface area contributed by atoms with Gasteiger partial charge in [-0.05, 0) is 58.2 Å². The van der Waals surface area contributed by atoms with Crippen LogP contribution in [0.3, 0.4) is 0 Å². The van der Waals surface area contributed by atoms with Crippen LogP contribution in [0.5, 0.6) is 0 Å². The summed E-state index contributed by atoms with van der Waals surface area (Å²) >= 11 is 5.25. The molecule has 1 aromatic heterocycles. The minimum atomic E-state index is 0.926. The van der Waals surface area contributed by atoms with Gasteiger partial charge in [-0.15, -0.1) is 11.3 Å². The summed E-state index contributed by atoms with van der Waals surface area (Å²) in [6, 6.07) is 11.0. The Morgan fingerprint density at radius 3 is 2.58 bits per heavy atom. The standard InChI is InChI=1S/C15H19BrN2S/c1-17-8-12-4-3-5-13(6-12)9-18(2)10-14-7-15(16)19-11-14/h3-7,11,17H,8-10H2,1-2H3. The lowest BCUT2D eigenvalue weighted by molar-refractivity contribution is 0.319. The van der Waals surface area contributed by atoms with Crippen LogP contribution in [0.15, 0.2) is 39.5 Å². The van der Waals surface area contributed by atoms with E-state index in [1.165, 1.54) is 20.5 Å². The van der Waals surface area contributed by atoms with Crippen LogP contribution in [0.1, 0.15) is 16.7 Å². The number of nitrogens with zero attached hydrogens (tertiary/aromatic N) is 1. The van der Waals surface area contributed by atoms with Gasteiger partial charge in [0.05, 0.1) is 3.79 Å². The van der Waals surface area contributed by atoms with E-state index in [9.17, 15) is 0 Å². The Kier molecular flexibility index (Phi) is 5.58. The zero-order chi connectivity index (χ0) is 13.7. The molecule has 1 N–H and O–H groups in total. The van der Waals surface area contributed by atoms with Crippen LogP contribution in [-0.4, -0.2) is 19.0 Å². The number of rotatable bonds is 6. The Balaban J connectivity index is 1.94. The van der Waals surface area contributed by atoms with E-state index in [-0.39, 0.29) is 0 Å². The SMILES string of the molecule is CNCc1cccc(CN(C)Cc2csc(Br)c2)c1. The Labute approximate surface area is 127 Å². The first kappa shape index (κ1) is 14.7. The lowest BCUT2D eigenvalue weighted by Crippen LogP contribution is -2.17. The maximum absolute atomic E-state index is 3.51. The van der Waals surface area contributed by atoms with Gasteiger partial charge < -0.3 is 5.32 Å². The number of hydrogen-bond donors (Lipinski definition) is 1. The van der Waals surface area contributed by atoms with Crippen LogP contribution in [0.2, 0.25) is 0 Å². The van der Waals surface area contributed by atoms with Gasteiger partial charge in [-0.25, -0.2) is 0 Å². The third-order valence-corrected chi connectivity index (χ3v) is 4.45. The molecule has 0 saturated carbocycles. The van der Waals surface area contributed by atoms with Crippen molar-refractivity contribution in [3.05, 3.63) is 56.2 Å². The summed E-state index contributed by atoms with van der Waals surface area (Å²) in [5, 5.41) is 5.40. The minimum absolute atomic E-state index is 0.926. The van der Waals surface area contributed by atoms with Gasteiger partial charge in [0.1, 0.15) is 0 Å². The molecular formula is C15H19BrN2S. The van der Waals surface area contributed by atoms with Crippen molar-refractivity contribution in [1.29, 1.82) is 0 Å². The molecule has 4 heteroatoms. The van der Waals surface area contributed by atoms with E-state index >= 15 is 0 Å². The lowest BCUT2D eigenvalue weighted by Gasteiger charge is -2.16. The average Bonchev–Trinajstić information content (AvgIpc) is 2.75. The molecule has 0 aliphatic heterocycles. The van der Waals surface area contributed by atoms with E-state index < -0.39 is 0 Å². The van der Waals surface area contributed by atoms with Gasteiger partial charge in [0.2, 0.25) is 0 Å². The van der Waals surface area contributed by atoms with Gasteiger partial charge in [0, 0.05) is 19.6 Å². The summed E-state index contributed by atoms with van der Waals surface area (Å²) in [7, 11) is 4.14. The predicted molar refractivity (Wildman–Crippen MR) is 86.4 cm³/mol. The van der Waals surface area contributed by atoms with Crippen molar-refractivity contribution < 1.29 is 0 Å². The van der Waals surface area contributed by atoms with Gasteiger partial charge in [0.15, 0.2) is 0 Å². The second-order valence-electron chi connectivity index (χ2n) is 4.78. The molecule has 0 atom stereocenters. The van der Waals surface area contributed by atoms with E-state index in [2.05, 4.69) is 68.9 Å². The largest absolute Gasteiger partial charge is 0.316 e. The molecule has 0 aliphatic carbocycles. The Morgan fingerprint density at radius 1 is 1.16 bits per heavy atom. The van der Waals surface area contributed by atoms with Crippen molar-refractivity contribution in [3.63, 3.8) is 0 Å². The fraction of sp³-hybridized carbons (Fsp3) is 0.333. The number of thiophene rings is 1. The zero-order valence-corrected chi connectivity index (χ0v) is 13.7. The first-order valence-corrected chi connectivity index (χ1v) is 7.98. The topological polar surface area (TPSA) is 15.3 Å². The average molecular weight is 339 g/mol. The molecule has 0 amide bonds. The van der Waals surface area contributed by atoms with Crippen molar-refractivity contribution in [2.45, 2.75) is 19.6 Å². The Bertz CT molecular complexity index is 524. The molecule has 1 heterocycles. The molecule has 0 fully saturated rings. The second kappa shape index (κ2) is 7.20. The summed E-state index contributed by atoms with van der Waals surface area (Å²) in [4.78, 5) is 2.34. The fourth-order valence-corrected chi connectivity index (χ4v) is 3.35. The maximum atomic E-state index is 3.51. The molecule has 1 aromatic carbocycles. The monoisotopic (exact) mass is 338 g/mol. The summed E-state index contributed by atoms with van der Waals surface area (Å²) in [5.74, 6) is 0. The molecule has 19 heavy (non-hydrogen) atoms. The molecule has 2 nitrogen and oxygen atoms in total. The van der Waals surface area contributed by atoms with Crippen molar-refractivity contribution >= 4 is 27.3 Å². The fourth-order valence-electron chi connectivity index (χ4n) is 2.15. The summed E-state index contributed by atoms with van der Waals surface area (Å²) in [6.07, 6.45) is 0. The lowest BCUT2D eigenvalue weighted by atomic mass is 10.1. The minimum Gasteiger partial charge on any atom is -0.316 e. The van der Waals surface area contributed by atoms with Crippen molar-refractivity contribution in [3.8, 4) is 0 Å². The first-order valence-electron chi connectivity index (χ1n) is 6.31. The molecular weight excluding hydrogens is 320 g/mol. The van der Waals surface area contributed by atoms with E-state index in [0.29, 0.717) is 0 Å². The van der Waals surface area contributed by atoms with Crippen molar-refractivity contribution in [1.82, 2.24) is 10.2 Å². The van der Waals surface area contributed by atoms with Crippen LogP contribution in [0, 0.1) is 0 Å². The van der Waals surface area contributed by atoms with E-state index in [1.54, 1.807) is 11.3 Å². The van der Waals surface area contributed by atoms with Gasteiger partial charge in [0.25, 0.3) is 0 Å². The van der Waals surface area contributed by atoms with Gasteiger partial charge in [-0.3, -0.25) is 4.90 Å². The van der Waals surface area contributed by atoms with Crippen molar-refractivity contribution in [2.24, 2.45) is 0 Å². The van der Waals surface area contributed by atoms with Crippen LogP contribution in [0.25, 0.3) is 0 Å². The maximum Gasteiger partial charge on any atom is 0.0701 e. The van der Waals surface area contributed by atoms with Crippen molar-refractivity contribution in [2.75, 3.05) is 14.1 Å². The highest BCUT2D eigenvalue weighted by molar-refractivity contribution is 9.11. The highest BCUT2D eigenvalue weighted by atomic mass is 79.9. The molecule has 0 aliphatic rings. The van der Waals surface area contributed by atoms with Crippen LogP contribution in [-0.2, 0) is 19.6 Å². The smallest absolute Gasteiger partial charge is 0.0701 e. The van der Waals surface area contributed by atoms with E-state index in [1.807, 2.05) is 7.05 Å². The highest BCUT2D eigenvalue weighted by Crippen LogP contribution is 2.22. The Hall–Kier alpha value is -0.680. The summed E-state index contributed by atoms with van der Waals surface area (Å²) in [6.45, 7) is 2.89. The van der Waals surface area contributed by atoms with Gasteiger partial charge >= 0.3 is 0 Å². The van der Waals surface area contributed by atoms with Crippen LogP contribution >= 0.6 is 27.3 Å². The molecule has 2 rings (SSSR count). The second-order valence-corrected chi connectivity index (χ2v) is 7.07. The van der Waals surface area contributed by atoms with Crippen LogP contribution < -0.4 is 5.32 Å². The van der Waals surface area contributed by atoms with E-state index in [4.69, 9.17) is 0 Å². The molecule has 0 unspecified atom stereocenters. The first-order chi connectivity index (χ1) is 9.17. The van der Waals surface area contributed by atoms with Gasteiger partial charge in [-0.2, -0.15) is 0 Å². The number of nitrogens with one attached hydrogen (secondary N) is 1. The van der Waals surface area contributed by atoms with Gasteiger partial charge in [-0.1, -0.05) is 24.3 Å². The third kappa shape index (κ3) is 4.73. The van der Waals surface area contributed by atoms with E-state index in [0.717, 1.165) is 19.6 Å². The molecule has 2 aromatic rings. The summed E-state index contributed by atoms with van der Waals surface area (Å²) in [5.41, 5.74) is 4.07.